The molecule has 0 fully saturated rings. The van der Waals surface area contributed by atoms with E-state index in [2.05, 4.69) is 83.0 Å². The predicted octanol–water partition coefficient (Wildman–Crippen LogP) is -0.506. The van der Waals surface area contributed by atoms with Crippen molar-refractivity contribution in [3.8, 4) is 11.4 Å². The van der Waals surface area contributed by atoms with E-state index in [4.69, 9.17) is 0 Å². The molecule has 0 N–H and O–H groups in total. The van der Waals surface area contributed by atoms with Gasteiger partial charge in [0, 0.05) is 24.8 Å². The molecule has 6 aromatic rings. The molecule has 2 heterocycles. The minimum absolute atomic E-state index is 0. The average Bonchev–Trinajstić information content (AvgIpc) is 3.54. The first-order valence-electron chi connectivity index (χ1n) is 9.18. The number of halogens is 2. The molecule has 0 aliphatic carbocycles. The summed E-state index contributed by atoms with van der Waals surface area (Å²) < 4.78 is 3.75. The number of benzene rings is 2. The maximum Gasteiger partial charge on any atom is 4.00 e. The molecule has 0 atom stereocenters. The van der Waals surface area contributed by atoms with E-state index in [1.165, 1.54) is 21.5 Å². The van der Waals surface area contributed by atoms with Gasteiger partial charge in [0.1, 0.15) is 0 Å². The van der Waals surface area contributed by atoms with Gasteiger partial charge in [-0.05, 0) is 23.5 Å². The van der Waals surface area contributed by atoms with Crippen molar-refractivity contribution in [1.29, 1.82) is 0 Å². The van der Waals surface area contributed by atoms with Crippen LogP contribution in [0.1, 0.15) is 0 Å². The third-order valence-electron chi connectivity index (χ3n) is 4.74. The molecule has 7 heteroatoms. The molecule has 0 amide bonds. The monoisotopic (exact) mass is 612 g/mol. The van der Waals surface area contributed by atoms with Crippen molar-refractivity contribution >= 4 is 21.5 Å². The molecule has 4 aromatic carbocycles. The van der Waals surface area contributed by atoms with Crippen LogP contribution < -0.4 is 24.8 Å². The average molecular weight is 612 g/mol. The van der Waals surface area contributed by atoms with Crippen molar-refractivity contribution in [2.24, 2.45) is 0 Å². The summed E-state index contributed by atoms with van der Waals surface area (Å²) in [7, 11) is 0. The van der Waals surface area contributed by atoms with Gasteiger partial charge in [-0.2, -0.15) is 10.2 Å². The Morgan fingerprint density at radius 1 is 0.581 bits per heavy atom. The van der Waals surface area contributed by atoms with Gasteiger partial charge in [0.15, 0.2) is 0 Å². The van der Waals surface area contributed by atoms with E-state index in [0.717, 1.165) is 11.4 Å². The number of rotatable bonds is 2. The zero-order valence-corrected chi connectivity index (χ0v) is 21.5. The second kappa shape index (κ2) is 11.2. The van der Waals surface area contributed by atoms with Crippen LogP contribution >= 0.6 is 0 Å². The molecule has 0 spiro atoms. The normalized spacial score (nSPS) is 9.81. The second-order valence-corrected chi connectivity index (χ2v) is 6.59. The minimum atomic E-state index is 0. The molecule has 0 saturated carbocycles. The van der Waals surface area contributed by atoms with E-state index in [1.807, 2.05) is 33.9 Å². The first-order valence-corrected chi connectivity index (χ1v) is 9.18. The molecule has 4 nitrogen and oxygen atoms in total. The molecule has 6 rings (SSSR count). The van der Waals surface area contributed by atoms with E-state index in [-0.39, 0.29) is 50.7 Å². The first-order chi connectivity index (χ1) is 13.9. The largest absolute Gasteiger partial charge is 4.00 e. The molecule has 2 aromatic heterocycles. The van der Waals surface area contributed by atoms with Crippen LogP contribution in [0.4, 0.5) is 0 Å². The SMILES string of the molecule is [Cl-].[Cl-].[Hf+4].c1ccc2[cH-]c(-n3cccn3)cc2c1.c1ccc2[cH-]c(-n3cccn3)cc2c1. The van der Waals surface area contributed by atoms with Crippen LogP contribution in [-0.2, 0) is 25.8 Å². The summed E-state index contributed by atoms with van der Waals surface area (Å²) in [6, 6.07) is 29.1. The number of fused-ring (bicyclic) bond motifs is 2. The molecule has 0 radical (unpaired) electrons. The maximum atomic E-state index is 4.20. The third-order valence-corrected chi connectivity index (χ3v) is 4.74. The Morgan fingerprint density at radius 3 is 1.35 bits per heavy atom. The summed E-state index contributed by atoms with van der Waals surface area (Å²) >= 11 is 0. The molecular weight excluding hydrogens is 594 g/mol. The zero-order valence-electron chi connectivity index (χ0n) is 16.4. The van der Waals surface area contributed by atoms with Crippen molar-refractivity contribution < 1.29 is 50.7 Å². The quantitative estimate of drug-likeness (QED) is 0.196. The van der Waals surface area contributed by atoms with Crippen molar-refractivity contribution in [3.05, 3.63) is 110 Å². The number of hydrogen-bond acceptors (Lipinski definition) is 2. The molecule has 152 valence electrons. The summed E-state index contributed by atoms with van der Waals surface area (Å²) in [6.07, 6.45) is 7.48. The van der Waals surface area contributed by atoms with E-state index in [9.17, 15) is 0 Å². The summed E-state index contributed by atoms with van der Waals surface area (Å²) in [5.74, 6) is 0. The number of nitrogens with zero attached hydrogens (tertiary/aromatic N) is 4. The summed E-state index contributed by atoms with van der Waals surface area (Å²) in [5, 5.41) is 13.4. The molecular formula is C24H18Cl2HfN4. The number of hydrogen-bond donors (Lipinski definition) is 0. The van der Waals surface area contributed by atoms with Gasteiger partial charge in [-0.3, -0.25) is 9.36 Å². The molecule has 0 aliphatic rings. The van der Waals surface area contributed by atoms with E-state index in [0.29, 0.717) is 0 Å². The van der Waals surface area contributed by atoms with Gasteiger partial charge in [0.25, 0.3) is 0 Å². The van der Waals surface area contributed by atoms with Crippen molar-refractivity contribution in [2.45, 2.75) is 0 Å². The van der Waals surface area contributed by atoms with Crippen LogP contribution in [-0.4, -0.2) is 19.6 Å². The first kappa shape index (κ1) is 24.8. The van der Waals surface area contributed by atoms with Crippen LogP contribution in [0.3, 0.4) is 0 Å². The fourth-order valence-corrected chi connectivity index (χ4v) is 3.38. The topological polar surface area (TPSA) is 35.6 Å². The van der Waals surface area contributed by atoms with Gasteiger partial charge in [-0.25, -0.2) is 0 Å². The summed E-state index contributed by atoms with van der Waals surface area (Å²) in [5.41, 5.74) is 2.24. The molecule has 0 unspecified atom stereocenters. The minimum Gasteiger partial charge on any atom is -1.00 e. The van der Waals surface area contributed by atoms with Gasteiger partial charge in [-0.1, -0.05) is 12.1 Å². The Bertz CT molecular complexity index is 1150. The molecule has 0 aliphatic heterocycles. The van der Waals surface area contributed by atoms with E-state index in [1.54, 1.807) is 12.4 Å². The Hall–Kier alpha value is -2.47. The smallest absolute Gasteiger partial charge is 1.00 e. The van der Waals surface area contributed by atoms with Gasteiger partial charge in [0.05, 0.1) is 0 Å². The zero-order chi connectivity index (χ0) is 18.8. The van der Waals surface area contributed by atoms with Crippen LogP contribution in [0.25, 0.3) is 32.9 Å². The fourth-order valence-electron chi connectivity index (χ4n) is 3.38. The van der Waals surface area contributed by atoms with Crippen LogP contribution in [0.5, 0.6) is 0 Å². The summed E-state index contributed by atoms with van der Waals surface area (Å²) in [6.45, 7) is 0. The third kappa shape index (κ3) is 5.42. The molecule has 31 heavy (non-hydrogen) atoms. The molecule has 0 bridgehead atoms. The van der Waals surface area contributed by atoms with E-state index < -0.39 is 0 Å². The van der Waals surface area contributed by atoms with Crippen molar-refractivity contribution in [2.75, 3.05) is 0 Å². The Kier molecular flexibility index (Phi) is 8.99. The van der Waals surface area contributed by atoms with Crippen LogP contribution in [0, 0.1) is 0 Å². The van der Waals surface area contributed by atoms with Gasteiger partial charge < -0.3 is 24.8 Å². The Labute approximate surface area is 211 Å². The number of aromatic nitrogens is 4. The Balaban J connectivity index is 0.000000201. The summed E-state index contributed by atoms with van der Waals surface area (Å²) in [4.78, 5) is 0. The van der Waals surface area contributed by atoms with Gasteiger partial charge in [0.2, 0.25) is 0 Å². The Morgan fingerprint density at radius 2 is 1.00 bits per heavy atom. The fraction of sp³-hybridized carbons (Fsp3) is 0. The second-order valence-electron chi connectivity index (χ2n) is 6.59. The van der Waals surface area contributed by atoms with Crippen LogP contribution in [0.2, 0.25) is 0 Å². The van der Waals surface area contributed by atoms with Gasteiger partial charge in [-0.15, -0.1) is 82.2 Å². The molecule has 0 saturated heterocycles. The van der Waals surface area contributed by atoms with Gasteiger partial charge >= 0.3 is 25.8 Å². The predicted molar refractivity (Wildman–Crippen MR) is 113 cm³/mol. The van der Waals surface area contributed by atoms with Crippen molar-refractivity contribution in [1.82, 2.24) is 19.6 Å². The standard InChI is InChI=1S/2C12H9N2.2ClH.Hf/c2*1-2-5-11-9-12(8-10(11)4-1)14-7-3-6-13-14;;;/h2*1-9H;2*1H;/q2*-1;;;+4/p-2. The van der Waals surface area contributed by atoms with E-state index >= 15 is 0 Å². The van der Waals surface area contributed by atoms with Crippen molar-refractivity contribution in [3.63, 3.8) is 0 Å². The van der Waals surface area contributed by atoms with Crippen LogP contribution in [0.15, 0.2) is 110 Å². The maximum absolute atomic E-state index is 4.20.